The van der Waals surface area contributed by atoms with Crippen molar-refractivity contribution in [2.75, 3.05) is 20.3 Å². The summed E-state index contributed by atoms with van der Waals surface area (Å²) in [6.07, 6.45) is 1.02. The zero-order chi connectivity index (χ0) is 26.5. The molecule has 196 valence electrons. The van der Waals surface area contributed by atoms with Crippen LogP contribution in [0, 0.1) is 5.82 Å². The lowest BCUT2D eigenvalue weighted by molar-refractivity contribution is 0.0465. The van der Waals surface area contributed by atoms with E-state index in [2.05, 4.69) is 48.8 Å². The molecular weight excluding hydrogens is 513 g/mol. The first-order valence-corrected chi connectivity index (χ1v) is 15.7. The number of nitrogens with zero attached hydrogens (tertiary/aromatic N) is 3. The van der Waals surface area contributed by atoms with E-state index in [1.54, 1.807) is 13.3 Å². The molecule has 0 amide bonds. The van der Waals surface area contributed by atoms with Crippen LogP contribution in [0.5, 0.6) is 17.4 Å². The highest BCUT2D eigenvalue weighted by molar-refractivity contribution is 7.22. The highest BCUT2D eigenvalue weighted by Crippen LogP contribution is 2.46. The van der Waals surface area contributed by atoms with Crippen LogP contribution in [0.3, 0.4) is 0 Å². The summed E-state index contributed by atoms with van der Waals surface area (Å²) in [6, 6.07) is 5.19. The van der Waals surface area contributed by atoms with Crippen LogP contribution in [0.1, 0.15) is 26.3 Å². The van der Waals surface area contributed by atoms with Gasteiger partial charge in [0, 0.05) is 11.6 Å². The maximum Gasteiger partial charge on any atom is 0.232 e. The number of ether oxygens (including phenoxy) is 3. The van der Waals surface area contributed by atoms with E-state index < -0.39 is 20.2 Å². The summed E-state index contributed by atoms with van der Waals surface area (Å²) in [5, 5.41) is 10.1. The normalized spacial score (nSPS) is 15.9. The molecule has 2 aromatic carbocycles. The van der Waals surface area contributed by atoms with Crippen molar-refractivity contribution in [3.8, 4) is 28.0 Å². The Bertz CT molecular complexity index is 1490. The van der Waals surface area contributed by atoms with E-state index in [1.807, 2.05) is 12.1 Å². The lowest BCUT2D eigenvalue weighted by Crippen LogP contribution is -2.40. The maximum absolute atomic E-state index is 15.1. The second-order valence-corrected chi connectivity index (χ2v) is 16.4. The lowest BCUT2D eigenvalue weighted by Gasteiger charge is -2.36. The topological polar surface area (TPSA) is 95.8 Å². The summed E-state index contributed by atoms with van der Waals surface area (Å²) >= 11 is 1.30. The summed E-state index contributed by atoms with van der Waals surface area (Å²) in [5.41, 5.74) is 3.10. The number of hydrogen-bond acceptors (Lipinski definition) is 9. The van der Waals surface area contributed by atoms with Crippen molar-refractivity contribution in [1.82, 2.24) is 15.0 Å². The highest BCUT2D eigenvalue weighted by atomic mass is 32.1. The number of fused-ring (bicyclic) bond motifs is 4. The van der Waals surface area contributed by atoms with Crippen molar-refractivity contribution in [2.24, 2.45) is 0 Å². The summed E-state index contributed by atoms with van der Waals surface area (Å²) in [7, 11) is -0.455. The molecule has 37 heavy (non-hydrogen) atoms. The van der Waals surface area contributed by atoms with Crippen LogP contribution in [0.15, 0.2) is 24.4 Å². The van der Waals surface area contributed by atoms with Gasteiger partial charge in [-0.1, -0.05) is 20.8 Å². The second kappa shape index (κ2) is 9.46. The van der Waals surface area contributed by atoms with Gasteiger partial charge in [0.15, 0.2) is 31.7 Å². The third kappa shape index (κ3) is 4.76. The Kier molecular flexibility index (Phi) is 6.59. The maximum atomic E-state index is 15.1. The number of aliphatic hydroxyl groups is 1. The molecule has 3 heterocycles. The number of rotatable bonds is 6. The van der Waals surface area contributed by atoms with E-state index in [4.69, 9.17) is 18.6 Å². The number of benzene rings is 2. The van der Waals surface area contributed by atoms with Crippen molar-refractivity contribution in [3.05, 3.63) is 35.8 Å². The number of aliphatic hydroxyl groups excluding tert-OH is 1. The quantitative estimate of drug-likeness (QED) is 0.309. The van der Waals surface area contributed by atoms with Crippen LogP contribution in [-0.2, 0) is 11.0 Å². The van der Waals surface area contributed by atoms with Crippen LogP contribution >= 0.6 is 11.3 Å². The number of aromatic nitrogens is 3. The van der Waals surface area contributed by atoms with Crippen LogP contribution in [-0.4, -0.2) is 54.8 Å². The van der Waals surface area contributed by atoms with Gasteiger partial charge in [0.05, 0.1) is 37.6 Å². The molecule has 0 saturated carbocycles. The zero-order valence-electron chi connectivity index (χ0n) is 21.7. The molecule has 4 aromatic rings. The monoisotopic (exact) mass is 543 g/mol. The third-order valence-corrected chi connectivity index (χ3v) is 12.5. The van der Waals surface area contributed by atoms with Gasteiger partial charge >= 0.3 is 0 Å². The number of hydrogen-bond donors (Lipinski definition) is 1. The predicted octanol–water partition coefficient (Wildman–Crippen LogP) is 5.71. The Morgan fingerprint density at radius 2 is 1.97 bits per heavy atom. The molecule has 0 fully saturated rings. The fraction of sp³-hybridized carbons (Fsp3) is 0.423. The van der Waals surface area contributed by atoms with Crippen molar-refractivity contribution in [2.45, 2.75) is 51.6 Å². The molecule has 5 rings (SSSR count). The first-order valence-electron chi connectivity index (χ1n) is 12.0. The summed E-state index contributed by atoms with van der Waals surface area (Å²) in [6.45, 7) is 11.4. The number of methoxy groups -OCH3 is 1. The minimum Gasteiger partial charge on any atom is -0.484 e. The Hall–Kier alpha value is -2.86. The van der Waals surface area contributed by atoms with Crippen LogP contribution in [0.25, 0.3) is 31.8 Å². The van der Waals surface area contributed by atoms with Gasteiger partial charge in [0.2, 0.25) is 5.88 Å². The van der Waals surface area contributed by atoms with E-state index in [-0.39, 0.29) is 29.5 Å². The minimum atomic E-state index is -2.00. The van der Waals surface area contributed by atoms with E-state index in [0.717, 1.165) is 11.1 Å². The van der Waals surface area contributed by atoms with E-state index in [9.17, 15) is 5.11 Å². The Balaban J connectivity index is 1.63. The smallest absolute Gasteiger partial charge is 0.232 e. The van der Waals surface area contributed by atoms with Crippen molar-refractivity contribution >= 4 is 40.9 Å². The number of thiazole rings is 1. The number of halogens is 1. The van der Waals surface area contributed by atoms with E-state index >= 15 is 4.39 Å². The average molecular weight is 544 g/mol. The standard InChI is InChI=1S/C26H30FN3O5SSi/c1-26(2,3)37(5,6)34-12-14-7-16(21-18(8-14)29-20(32-4)10-28-21)25-30-22-17(27)9-19-23(24(22)36-25)33-13-15(11-31)35-19/h7-10,15,31H,11-13H2,1-6H3/t15-/m0/s1. The molecule has 1 aliphatic rings. The first-order chi connectivity index (χ1) is 17.5. The van der Waals surface area contributed by atoms with E-state index in [1.165, 1.54) is 17.4 Å². The minimum absolute atomic E-state index is 0.0659. The molecule has 0 bridgehead atoms. The Morgan fingerprint density at radius 3 is 2.68 bits per heavy atom. The summed E-state index contributed by atoms with van der Waals surface area (Å²) in [5.74, 6) is 0.568. The largest absolute Gasteiger partial charge is 0.484 e. The molecule has 11 heteroatoms. The molecule has 1 atom stereocenters. The van der Waals surface area contributed by atoms with Crippen molar-refractivity contribution in [3.63, 3.8) is 0 Å². The van der Waals surface area contributed by atoms with Gasteiger partial charge in [0.1, 0.15) is 21.8 Å². The van der Waals surface area contributed by atoms with Gasteiger partial charge in [-0.05, 0) is 35.8 Å². The Morgan fingerprint density at radius 1 is 1.19 bits per heavy atom. The molecule has 0 radical (unpaired) electrons. The highest BCUT2D eigenvalue weighted by Gasteiger charge is 2.37. The van der Waals surface area contributed by atoms with Gasteiger partial charge in [-0.3, -0.25) is 0 Å². The van der Waals surface area contributed by atoms with Crippen LogP contribution < -0.4 is 14.2 Å². The first kappa shape index (κ1) is 25.8. The van der Waals surface area contributed by atoms with Crippen LogP contribution in [0.4, 0.5) is 4.39 Å². The molecule has 1 N–H and O–H groups in total. The van der Waals surface area contributed by atoms with Crippen LogP contribution in [0.2, 0.25) is 18.1 Å². The average Bonchev–Trinajstić information content (AvgIpc) is 3.32. The molecule has 0 saturated heterocycles. The molecule has 1 aliphatic heterocycles. The van der Waals surface area contributed by atoms with Gasteiger partial charge in [-0.2, -0.15) is 0 Å². The fourth-order valence-electron chi connectivity index (χ4n) is 3.81. The molecule has 2 aromatic heterocycles. The fourth-order valence-corrected chi connectivity index (χ4v) is 5.86. The molecule has 0 aliphatic carbocycles. The van der Waals surface area contributed by atoms with Gasteiger partial charge < -0.3 is 23.7 Å². The van der Waals surface area contributed by atoms with Gasteiger partial charge in [-0.15, -0.1) is 11.3 Å². The summed E-state index contributed by atoms with van der Waals surface area (Å²) in [4.78, 5) is 13.8. The Labute approximate surface area is 219 Å². The van der Waals surface area contributed by atoms with Gasteiger partial charge in [-0.25, -0.2) is 19.3 Å². The molecule has 8 nitrogen and oxygen atoms in total. The molecule has 0 spiro atoms. The van der Waals surface area contributed by atoms with E-state index in [0.29, 0.717) is 39.0 Å². The SMILES string of the molecule is COc1cnc2c(-c3nc4c(F)cc5c(c4s3)OC[C@H](CO)O5)cc(CO[Si](C)(C)C(C)(C)C)cc2n1. The second-order valence-electron chi connectivity index (χ2n) is 10.6. The lowest BCUT2D eigenvalue weighted by atomic mass is 10.1. The van der Waals surface area contributed by atoms with Gasteiger partial charge in [0.25, 0.3) is 0 Å². The zero-order valence-corrected chi connectivity index (χ0v) is 23.5. The third-order valence-electron chi connectivity index (χ3n) is 6.98. The molecular formula is C26H30FN3O5SSi. The predicted molar refractivity (Wildman–Crippen MR) is 144 cm³/mol. The van der Waals surface area contributed by atoms with Crippen molar-refractivity contribution in [1.29, 1.82) is 0 Å². The van der Waals surface area contributed by atoms with Crippen molar-refractivity contribution < 1.29 is 28.1 Å². The molecule has 0 unspecified atom stereocenters. The summed E-state index contributed by atoms with van der Waals surface area (Å²) < 4.78 is 39.0.